The van der Waals surface area contributed by atoms with Gasteiger partial charge in [0.25, 0.3) is 0 Å². The van der Waals surface area contributed by atoms with Crippen molar-refractivity contribution in [3.05, 3.63) is 29.3 Å². The predicted octanol–water partition coefficient (Wildman–Crippen LogP) is 3.44. The van der Waals surface area contributed by atoms with E-state index in [0.717, 1.165) is 41.0 Å². The van der Waals surface area contributed by atoms with Crippen LogP contribution >= 0.6 is 11.8 Å². The summed E-state index contributed by atoms with van der Waals surface area (Å²) in [7, 11) is 0. The maximum absolute atomic E-state index is 13.0. The van der Waals surface area contributed by atoms with Gasteiger partial charge < -0.3 is 14.6 Å². The molecule has 0 saturated heterocycles. The van der Waals surface area contributed by atoms with Crippen molar-refractivity contribution >= 4 is 23.5 Å². The summed E-state index contributed by atoms with van der Waals surface area (Å²) >= 11 is 1.75. The van der Waals surface area contributed by atoms with Gasteiger partial charge in [-0.05, 0) is 43.4 Å². The first kappa shape index (κ1) is 20.4. The fourth-order valence-corrected chi connectivity index (χ4v) is 5.25. The number of carbonyl (C=O) groups excluding carboxylic acids is 2. The van der Waals surface area contributed by atoms with Crippen LogP contribution in [0.5, 0.6) is 0 Å². The standard InChI is InChI=1S/C21H28O5S/c1-14(21(24)26-11-10-25-9-8-22)15-6-7-18-19(12-15)27-13-16-4-2-3-5-17(16)20(18)23/h6-7,12,14,16-17,22H,2-5,8-11,13H2,1H3/t14?,16-,17+/m1/s1. The molecular formula is C21H28O5S. The van der Waals surface area contributed by atoms with E-state index in [0.29, 0.717) is 5.92 Å². The molecule has 1 aliphatic heterocycles. The largest absolute Gasteiger partial charge is 0.463 e. The molecule has 1 aromatic carbocycles. The number of ether oxygens (including phenoxy) is 2. The van der Waals surface area contributed by atoms with Crippen LogP contribution < -0.4 is 0 Å². The Hall–Kier alpha value is -1.37. The molecule has 5 nitrogen and oxygen atoms in total. The van der Waals surface area contributed by atoms with Gasteiger partial charge >= 0.3 is 5.97 Å². The molecule has 1 aromatic rings. The van der Waals surface area contributed by atoms with Crippen LogP contribution in [0.15, 0.2) is 23.1 Å². The number of Topliss-reactive ketones (excluding diaryl/α,β-unsaturated/α-hetero) is 1. The van der Waals surface area contributed by atoms with E-state index in [-0.39, 0.29) is 44.1 Å². The Kier molecular flexibility index (Phi) is 7.33. The maximum Gasteiger partial charge on any atom is 0.313 e. The Bertz CT molecular complexity index is 675. The molecule has 1 saturated carbocycles. The van der Waals surface area contributed by atoms with E-state index in [1.54, 1.807) is 11.8 Å². The monoisotopic (exact) mass is 392 g/mol. The Balaban J connectivity index is 1.66. The molecule has 6 heteroatoms. The fourth-order valence-electron chi connectivity index (χ4n) is 3.91. The number of thioether (sulfide) groups is 1. The fraction of sp³-hybridized carbons (Fsp3) is 0.619. The highest BCUT2D eigenvalue weighted by Gasteiger charge is 2.35. The number of benzene rings is 1. The van der Waals surface area contributed by atoms with Crippen molar-refractivity contribution in [3.63, 3.8) is 0 Å². The second-order valence-corrected chi connectivity index (χ2v) is 8.37. The van der Waals surface area contributed by atoms with Crippen LogP contribution in [0.1, 0.15) is 54.4 Å². The molecule has 0 bridgehead atoms. The molecule has 0 radical (unpaired) electrons. The number of ketones is 1. The van der Waals surface area contributed by atoms with Crippen molar-refractivity contribution < 1.29 is 24.2 Å². The van der Waals surface area contributed by atoms with Crippen LogP contribution in [-0.4, -0.2) is 49.0 Å². The van der Waals surface area contributed by atoms with Gasteiger partial charge in [-0.1, -0.05) is 18.9 Å². The first-order chi connectivity index (χ1) is 13.1. The third-order valence-electron chi connectivity index (χ3n) is 5.53. The summed E-state index contributed by atoms with van der Waals surface area (Å²) in [6.07, 6.45) is 4.52. The van der Waals surface area contributed by atoms with Gasteiger partial charge in [-0.2, -0.15) is 0 Å². The van der Waals surface area contributed by atoms with Gasteiger partial charge in [0.2, 0.25) is 0 Å². The van der Waals surface area contributed by atoms with E-state index in [1.165, 1.54) is 6.42 Å². The number of fused-ring (bicyclic) bond motifs is 2. The lowest BCUT2D eigenvalue weighted by Gasteiger charge is -2.28. The average Bonchev–Trinajstić information content (AvgIpc) is 2.84. The zero-order valence-electron chi connectivity index (χ0n) is 15.8. The van der Waals surface area contributed by atoms with Gasteiger partial charge in [0.1, 0.15) is 6.61 Å². The van der Waals surface area contributed by atoms with Gasteiger partial charge in [-0.15, -0.1) is 11.8 Å². The van der Waals surface area contributed by atoms with E-state index in [1.807, 2.05) is 25.1 Å². The van der Waals surface area contributed by atoms with Crippen LogP contribution in [-0.2, 0) is 14.3 Å². The minimum atomic E-state index is -0.394. The molecule has 0 aromatic heterocycles. The van der Waals surface area contributed by atoms with Crippen LogP contribution in [0.2, 0.25) is 0 Å². The molecule has 2 aliphatic rings. The summed E-state index contributed by atoms with van der Waals surface area (Å²) in [6, 6.07) is 5.77. The van der Waals surface area contributed by atoms with Crippen molar-refractivity contribution in [2.45, 2.75) is 43.4 Å². The third-order valence-corrected chi connectivity index (χ3v) is 6.77. The predicted molar refractivity (Wildman–Crippen MR) is 104 cm³/mol. The van der Waals surface area contributed by atoms with Crippen LogP contribution in [0, 0.1) is 11.8 Å². The first-order valence-corrected chi connectivity index (χ1v) is 10.8. The topological polar surface area (TPSA) is 72.8 Å². The molecule has 0 amide bonds. The number of aliphatic hydroxyl groups is 1. The quantitative estimate of drug-likeness (QED) is 0.566. The Labute approximate surface area is 164 Å². The summed E-state index contributed by atoms with van der Waals surface area (Å²) in [5, 5.41) is 8.66. The molecule has 3 atom stereocenters. The number of hydrogen-bond donors (Lipinski definition) is 1. The maximum atomic E-state index is 13.0. The van der Waals surface area contributed by atoms with Crippen molar-refractivity contribution in [1.29, 1.82) is 0 Å². The van der Waals surface area contributed by atoms with Gasteiger partial charge in [0, 0.05) is 22.1 Å². The second-order valence-electron chi connectivity index (χ2n) is 7.31. The van der Waals surface area contributed by atoms with E-state index in [4.69, 9.17) is 14.6 Å². The normalized spacial score (nSPS) is 23.1. The summed E-state index contributed by atoms with van der Waals surface area (Å²) in [5.41, 5.74) is 1.69. The number of hydrogen-bond acceptors (Lipinski definition) is 6. The summed E-state index contributed by atoms with van der Waals surface area (Å²) < 4.78 is 10.3. The molecular weight excluding hydrogens is 364 g/mol. The molecule has 148 valence electrons. The highest BCUT2D eigenvalue weighted by Crippen LogP contribution is 2.42. The van der Waals surface area contributed by atoms with Gasteiger partial charge in [0.05, 0.1) is 25.7 Å². The van der Waals surface area contributed by atoms with E-state index in [2.05, 4.69) is 0 Å². The highest BCUT2D eigenvalue weighted by atomic mass is 32.2. The number of aliphatic hydroxyl groups excluding tert-OH is 1. The van der Waals surface area contributed by atoms with Crippen molar-refractivity contribution in [3.8, 4) is 0 Å². The molecule has 1 heterocycles. The molecule has 3 rings (SSSR count). The van der Waals surface area contributed by atoms with Crippen molar-refractivity contribution in [2.24, 2.45) is 11.8 Å². The van der Waals surface area contributed by atoms with Crippen molar-refractivity contribution in [2.75, 3.05) is 32.2 Å². The second kappa shape index (κ2) is 9.71. The lowest BCUT2D eigenvalue weighted by Crippen LogP contribution is -2.27. The zero-order chi connectivity index (χ0) is 19.2. The molecule has 1 unspecified atom stereocenters. The third kappa shape index (κ3) is 4.92. The Morgan fingerprint density at radius 1 is 1.26 bits per heavy atom. The minimum Gasteiger partial charge on any atom is -0.463 e. The lowest BCUT2D eigenvalue weighted by molar-refractivity contribution is -0.146. The Morgan fingerprint density at radius 2 is 2.07 bits per heavy atom. The summed E-state index contributed by atoms with van der Waals surface area (Å²) in [6.45, 7) is 2.46. The lowest BCUT2D eigenvalue weighted by atomic mass is 9.76. The molecule has 0 spiro atoms. The van der Waals surface area contributed by atoms with E-state index < -0.39 is 5.92 Å². The van der Waals surface area contributed by atoms with Gasteiger partial charge in [-0.3, -0.25) is 9.59 Å². The molecule has 1 aliphatic carbocycles. The number of carbonyl (C=O) groups is 2. The summed E-state index contributed by atoms with van der Waals surface area (Å²) in [5.74, 6) is 1.21. The molecule has 1 N–H and O–H groups in total. The number of rotatable bonds is 7. The van der Waals surface area contributed by atoms with Crippen LogP contribution in [0.4, 0.5) is 0 Å². The van der Waals surface area contributed by atoms with Crippen LogP contribution in [0.25, 0.3) is 0 Å². The Morgan fingerprint density at radius 3 is 2.89 bits per heavy atom. The summed E-state index contributed by atoms with van der Waals surface area (Å²) in [4.78, 5) is 26.3. The first-order valence-electron chi connectivity index (χ1n) is 9.78. The van der Waals surface area contributed by atoms with E-state index in [9.17, 15) is 9.59 Å². The van der Waals surface area contributed by atoms with Crippen molar-refractivity contribution in [1.82, 2.24) is 0 Å². The van der Waals surface area contributed by atoms with Gasteiger partial charge in [0.15, 0.2) is 5.78 Å². The number of esters is 1. The smallest absolute Gasteiger partial charge is 0.313 e. The molecule has 1 fully saturated rings. The molecule has 27 heavy (non-hydrogen) atoms. The van der Waals surface area contributed by atoms with E-state index >= 15 is 0 Å². The SMILES string of the molecule is CC(C(=O)OCCOCCO)c1ccc2c(c1)SC[C@H]1CCCC[C@@H]1C2=O. The average molecular weight is 393 g/mol. The highest BCUT2D eigenvalue weighted by molar-refractivity contribution is 7.99. The van der Waals surface area contributed by atoms with Gasteiger partial charge in [-0.25, -0.2) is 0 Å². The zero-order valence-corrected chi connectivity index (χ0v) is 16.6. The minimum absolute atomic E-state index is 0.0441. The van der Waals surface area contributed by atoms with Crippen LogP contribution in [0.3, 0.4) is 0 Å².